The van der Waals surface area contributed by atoms with Crippen molar-refractivity contribution in [3.05, 3.63) is 83.9 Å². The van der Waals surface area contributed by atoms with Gasteiger partial charge < -0.3 is 4.74 Å². The van der Waals surface area contributed by atoms with Gasteiger partial charge in [-0.1, -0.05) is 66.7 Å². The van der Waals surface area contributed by atoms with Crippen molar-refractivity contribution in [3.63, 3.8) is 0 Å². The fourth-order valence-corrected chi connectivity index (χ4v) is 4.24. The topological polar surface area (TPSA) is 45.1 Å². The number of rotatable bonds is 4. The maximum atomic E-state index is 13.2. The van der Waals surface area contributed by atoms with Gasteiger partial charge in [0.15, 0.2) is 0 Å². The molecule has 2 aliphatic heterocycles. The van der Waals surface area contributed by atoms with Crippen LogP contribution in [0, 0.1) is 0 Å². The van der Waals surface area contributed by atoms with Gasteiger partial charge in [-0.25, -0.2) is 5.01 Å². The molecule has 0 bridgehead atoms. The van der Waals surface area contributed by atoms with E-state index in [1.807, 2.05) is 30.3 Å². The molecule has 3 aromatic carbocycles. The van der Waals surface area contributed by atoms with E-state index in [0.29, 0.717) is 19.8 Å². The highest BCUT2D eigenvalue weighted by atomic mass is 16.5. The molecule has 1 saturated heterocycles. The Kier molecular flexibility index (Phi) is 5.30. The molecule has 1 fully saturated rings. The zero-order chi connectivity index (χ0) is 20.3. The number of nitrogens with zero attached hydrogens (tertiary/aromatic N) is 3. The van der Waals surface area contributed by atoms with Crippen molar-refractivity contribution in [1.82, 2.24) is 9.91 Å². The lowest BCUT2D eigenvalue weighted by atomic mass is 9.97. The minimum atomic E-state index is -0.0683. The number of fused-ring (bicyclic) bond motifs is 1. The summed E-state index contributed by atoms with van der Waals surface area (Å²) in [6, 6.07) is 24.9. The molecule has 0 aromatic heterocycles. The minimum absolute atomic E-state index is 0.0431. The summed E-state index contributed by atoms with van der Waals surface area (Å²) >= 11 is 0. The number of hydrogen-bond donors (Lipinski definition) is 0. The molecule has 0 N–H and O–H groups in total. The van der Waals surface area contributed by atoms with E-state index >= 15 is 0 Å². The summed E-state index contributed by atoms with van der Waals surface area (Å²) in [5.74, 6) is 0.0431. The lowest BCUT2D eigenvalue weighted by Crippen LogP contribution is -2.43. The van der Waals surface area contributed by atoms with Crippen LogP contribution in [-0.4, -0.2) is 54.4 Å². The second kappa shape index (κ2) is 8.38. The Labute approximate surface area is 176 Å². The van der Waals surface area contributed by atoms with Crippen LogP contribution in [0.25, 0.3) is 10.8 Å². The van der Waals surface area contributed by atoms with Crippen LogP contribution in [0.4, 0.5) is 0 Å². The zero-order valence-electron chi connectivity index (χ0n) is 16.9. The predicted molar refractivity (Wildman–Crippen MR) is 118 cm³/mol. The second-order valence-electron chi connectivity index (χ2n) is 7.87. The molecule has 152 valence electrons. The number of hydrazone groups is 1. The minimum Gasteiger partial charge on any atom is -0.379 e. The van der Waals surface area contributed by atoms with Crippen molar-refractivity contribution < 1.29 is 9.53 Å². The smallest absolute Gasteiger partial charge is 0.257 e. The summed E-state index contributed by atoms with van der Waals surface area (Å²) in [4.78, 5) is 15.4. The van der Waals surface area contributed by atoms with Crippen LogP contribution in [0.1, 0.15) is 23.6 Å². The average molecular weight is 399 g/mol. The third kappa shape index (κ3) is 3.86. The third-order valence-corrected chi connectivity index (χ3v) is 5.90. The average Bonchev–Trinajstić information content (AvgIpc) is 3.26. The molecule has 0 aliphatic carbocycles. The number of amides is 1. The molecule has 1 atom stereocenters. The van der Waals surface area contributed by atoms with Gasteiger partial charge in [-0.3, -0.25) is 9.69 Å². The molecule has 0 radical (unpaired) electrons. The Balaban J connectivity index is 1.45. The van der Waals surface area contributed by atoms with Gasteiger partial charge in [0, 0.05) is 19.5 Å². The van der Waals surface area contributed by atoms with E-state index in [0.717, 1.165) is 36.3 Å². The number of carbonyl (C=O) groups excluding carboxylic acids is 1. The van der Waals surface area contributed by atoms with Gasteiger partial charge in [-0.05, 0) is 28.0 Å². The third-order valence-electron chi connectivity index (χ3n) is 5.90. The van der Waals surface area contributed by atoms with Crippen molar-refractivity contribution >= 4 is 22.4 Å². The Morgan fingerprint density at radius 1 is 0.933 bits per heavy atom. The molecule has 1 amide bonds. The van der Waals surface area contributed by atoms with Gasteiger partial charge in [0.2, 0.25) is 0 Å². The number of morpholine rings is 1. The SMILES string of the molecule is O=C(CN1CCOCC1)N1N=C(c2ccc3ccccc3c2)C[C@H]1c1ccccc1. The largest absolute Gasteiger partial charge is 0.379 e. The van der Waals surface area contributed by atoms with Crippen LogP contribution in [-0.2, 0) is 9.53 Å². The van der Waals surface area contributed by atoms with Gasteiger partial charge in [0.05, 0.1) is 31.5 Å². The summed E-state index contributed by atoms with van der Waals surface area (Å²) < 4.78 is 5.41. The Morgan fingerprint density at radius 2 is 1.67 bits per heavy atom. The van der Waals surface area contributed by atoms with Gasteiger partial charge in [0.25, 0.3) is 5.91 Å². The van der Waals surface area contributed by atoms with Crippen molar-refractivity contribution in [2.75, 3.05) is 32.8 Å². The van der Waals surface area contributed by atoms with E-state index in [9.17, 15) is 4.79 Å². The van der Waals surface area contributed by atoms with Gasteiger partial charge >= 0.3 is 0 Å². The van der Waals surface area contributed by atoms with E-state index in [1.54, 1.807) is 5.01 Å². The van der Waals surface area contributed by atoms with E-state index in [4.69, 9.17) is 9.84 Å². The summed E-state index contributed by atoms with van der Waals surface area (Å²) in [6.07, 6.45) is 0.719. The lowest BCUT2D eigenvalue weighted by molar-refractivity contribution is -0.135. The fraction of sp³-hybridized carbons (Fsp3) is 0.280. The molecule has 0 unspecified atom stereocenters. The number of ether oxygens (including phenoxy) is 1. The van der Waals surface area contributed by atoms with Gasteiger partial charge in [-0.2, -0.15) is 5.10 Å². The van der Waals surface area contributed by atoms with E-state index in [1.165, 1.54) is 10.8 Å². The molecule has 2 aliphatic rings. The normalized spacial score (nSPS) is 19.8. The molecular formula is C25H25N3O2. The predicted octanol–water partition coefficient (Wildman–Crippen LogP) is 3.85. The fourth-order valence-electron chi connectivity index (χ4n) is 4.24. The number of hydrogen-bond acceptors (Lipinski definition) is 4. The Hall–Kier alpha value is -3.02. The van der Waals surface area contributed by atoms with Crippen molar-refractivity contribution in [3.8, 4) is 0 Å². The molecule has 5 rings (SSSR count). The van der Waals surface area contributed by atoms with Crippen molar-refractivity contribution in [2.45, 2.75) is 12.5 Å². The summed E-state index contributed by atoms with van der Waals surface area (Å²) in [6.45, 7) is 3.32. The molecule has 0 saturated carbocycles. The highest BCUT2D eigenvalue weighted by Crippen LogP contribution is 2.33. The van der Waals surface area contributed by atoms with Gasteiger partial charge in [-0.15, -0.1) is 0 Å². The van der Waals surface area contributed by atoms with Crippen LogP contribution in [0.3, 0.4) is 0 Å². The first-order valence-corrected chi connectivity index (χ1v) is 10.5. The van der Waals surface area contributed by atoms with E-state index in [2.05, 4.69) is 47.4 Å². The van der Waals surface area contributed by atoms with Crippen LogP contribution in [0.5, 0.6) is 0 Å². The van der Waals surface area contributed by atoms with Crippen molar-refractivity contribution in [1.29, 1.82) is 0 Å². The number of benzene rings is 3. The lowest BCUT2D eigenvalue weighted by Gasteiger charge is -2.29. The monoisotopic (exact) mass is 399 g/mol. The quantitative estimate of drug-likeness (QED) is 0.669. The maximum absolute atomic E-state index is 13.2. The first-order chi connectivity index (χ1) is 14.8. The van der Waals surface area contributed by atoms with Crippen LogP contribution < -0.4 is 0 Å². The van der Waals surface area contributed by atoms with Crippen molar-refractivity contribution in [2.24, 2.45) is 5.10 Å². The molecule has 5 nitrogen and oxygen atoms in total. The van der Waals surface area contributed by atoms with Crippen LogP contribution in [0.15, 0.2) is 77.9 Å². The first kappa shape index (κ1) is 19.0. The van der Waals surface area contributed by atoms with Crippen LogP contribution >= 0.6 is 0 Å². The van der Waals surface area contributed by atoms with E-state index < -0.39 is 0 Å². The Bertz CT molecular complexity index is 1070. The summed E-state index contributed by atoms with van der Waals surface area (Å²) in [5, 5.41) is 8.93. The molecule has 5 heteroatoms. The molecule has 3 aromatic rings. The standard InChI is InChI=1S/C25H25N3O2/c29-25(18-27-12-14-30-15-13-27)28-24(20-7-2-1-3-8-20)17-23(26-28)22-11-10-19-6-4-5-9-21(19)16-22/h1-11,16,24H,12-15,17-18H2/t24-/m0/s1. The highest BCUT2D eigenvalue weighted by Gasteiger charge is 2.33. The molecule has 2 heterocycles. The maximum Gasteiger partial charge on any atom is 0.257 e. The molecule has 30 heavy (non-hydrogen) atoms. The zero-order valence-corrected chi connectivity index (χ0v) is 16.9. The molecular weight excluding hydrogens is 374 g/mol. The van der Waals surface area contributed by atoms with Crippen LogP contribution in [0.2, 0.25) is 0 Å². The first-order valence-electron chi connectivity index (χ1n) is 10.5. The van der Waals surface area contributed by atoms with Gasteiger partial charge in [0.1, 0.15) is 0 Å². The summed E-state index contributed by atoms with van der Waals surface area (Å²) in [5.41, 5.74) is 3.16. The number of carbonyl (C=O) groups is 1. The molecule has 0 spiro atoms. The summed E-state index contributed by atoms with van der Waals surface area (Å²) in [7, 11) is 0. The van der Waals surface area contributed by atoms with E-state index in [-0.39, 0.29) is 11.9 Å². The Morgan fingerprint density at radius 3 is 2.47 bits per heavy atom. The highest BCUT2D eigenvalue weighted by molar-refractivity contribution is 6.05. The second-order valence-corrected chi connectivity index (χ2v) is 7.87.